The Bertz CT molecular complexity index is 479. The standard InChI is InChI=1S/C15H21NO2/c1-10-5-6-13-12(7-10)11(2)8-15(3,4)16(13)9-14(17)18/h5-7,11H,8-9H2,1-4H3,(H,17,18)/t11-/m0/s1. The number of anilines is 1. The van der Waals surface area contributed by atoms with Crippen molar-refractivity contribution in [2.75, 3.05) is 11.4 Å². The lowest BCUT2D eigenvalue weighted by Gasteiger charge is -2.46. The second kappa shape index (κ2) is 4.30. The van der Waals surface area contributed by atoms with E-state index in [-0.39, 0.29) is 12.1 Å². The minimum Gasteiger partial charge on any atom is -0.480 e. The Balaban J connectivity index is 2.51. The van der Waals surface area contributed by atoms with Crippen LogP contribution in [-0.2, 0) is 4.79 Å². The maximum Gasteiger partial charge on any atom is 0.323 e. The maximum absolute atomic E-state index is 11.1. The van der Waals surface area contributed by atoms with Crippen molar-refractivity contribution < 1.29 is 9.90 Å². The van der Waals surface area contributed by atoms with E-state index < -0.39 is 5.97 Å². The summed E-state index contributed by atoms with van der Waals surface area (Å²) in [5, 5.41) is 9.10. The average molecular weight is 247 g/mol. The number of carbonyl (C=O) groups is 1. The molecule has 2 rings (SSSR count). The second-order valence-electron chi connectivity index (χ2n) is 5.96. The summed E-state index contributed by atoms with van der Waals surface area (Å²) in [5.41, 5.74) is 3.47. The Labute approximate surface area is 108 Å². The van der Waals surface area contributed by atoms with E-state index in [4.69, 9.17) is 5.11 Å². The lowest BCUT2D eigenvalue weighted by molar-refractivity contribution is -0.135. The van der Waals surface area contributed by atoms with Crippen LogP contribution < -0.4 is 4.90 Å². The molecule has 0 saturated carbocycles. The third-order valence-corrected chi connectivity index (χ3v) is 3.83. The van der Waals surface area contributed by atoms with E-state index in [9.17, 15) is 4.79 Å². The van der Waals surface area contributed by atoms with Gasteiger partial charge < -0.3 is 10.0 Å². The van der Waals surface area contributed by atoms with Gasteiger partial charge in [0.2, 0.25) is 0 Å². The van der Waals surface area contributed by atoms with Gasteiger partial charge in [-0.25, -0.2) is 0 Å². The average Bonchev–Trinajstić information content (AvgIpc) is 2.23. The summed E-state index contributed by atoms with van der Waals surface area (Å²) < 4.78 is 0. The minimum atomic E-state index is -0.774. The summed E-state index contributed by atoms with van der Waals surface area (Å²) in [6, 6.07) is 6.30. The molecule has 0 fully saturated rings. The van der Waals surface area contributed by atoms with Gasteiger partial charge in [0.05, 0.1) is 0 Å². The molecular weight excluding hydrogens is 226 g/mol. The maximum atomic E-state index is 11.1. The van der Waals surface area contributed by atoms with E-state index in [0.29, 0.717) is 5.92 Å². The molecule has 0 bridgehead atoms. The number of benzene rings is 1. The number of nitrogens with zero attached hydrogens (tertiary/aromatic N) is 1. The quantitative estimate of drug-likeness (QED) is 0.872. The highest BCUT2D eigenvalue weighted by Gasteiger charge is 2.37. The van der Waals surface area contributed by atoms with Gasteiger partial charge in [-0.2, -0.15) is 0 Å². The van der Waals surface area contributed by atoms with Crippen LogP contribution >= 0.6 is 0 Å². The molecule has 0 radical (unpaired) electrons. The number of aliphatic carboxylic acids is 1. The van der Waals surface area contributed by atoms with Crippen LogP contribution in [0.25, 0.3) is 0 Å². The van der Waals surface area contributed by atoms with Crippen LogP contribution in [-0.4, -0.2) is 23.2 Å². The molecule has 3 heteroatoms. The smallest absolute Gasteiger partial charge is 0.323 e. The molecule has 1 heterocycles. The van der Waals surface area contributed by atoms with E-state index in [2.05, 4.69) is 45.9 Å². The van der Waals surface area contributed by atoms with Gasteiger partial charge in [0.1, 0.15) is 6.54 Å². The molecule has 0 amide bonds. The second-order valence-corrected chi connectivity index (χ2v) is 5.96. The van der Waals surface area contributed by atoms with Crippen LogP contribution in [0.1, 0.15) is 44.2 Å². The summed E-state index contributed by atoms with van der Waals surface area (Å²) in [4.78, 5) is 13.1. The van der Waals surface area contributed by atoms with Crippen molar-refractivity contribution in [2.24, 2.45) is 0 Å². The molecule has 1 aromatic carbocycles. The first-order valence-corrected chi connectivity index (χ1v) is 6.41. The predicted octanol–water partition coefficient (Wildman–Crippen LogP) is 3.17. The fourth-order valence-electron chi connectivity index (χ4n) is 3.04. The molecule has 1 N–H and O–H groups in total. The highest BCUT2D eigenvalue weighted by atomic mass is 16.4. The number of hydrogen-bond acceptors (Lipinski definition) is 2. The summed E-state index contributed by atoms with van der Waals surface area (Å²) in [5.74, 6) is -0.302. The predicted molar refractivity (Wildman–Crippen MR) is 73.3 cm³/mol. The molecule has 98 valence electrons. The lowest BCUT2D eigenvalue weighted by atomic mass is 9.79. The Morgan fingerprint density at radius 3 is 2.78 bits per heavy atom. The van der Waals surface area contributed by atoms with Gasteiger partial charge in [0.15, 0.2) is 0 Å². The lowest BCUT2D eigenvalue weighted by Crippen LogP contribution is -2.50. The van der Waals surface area contributed by atoms with Gasteiger partial charge in [0.25, 0.3) is 0 Å². The zero-order chi connectivity index (χ0) is 13.5. The molecule has 1 aliphatic rings. The molecule has 0 unspecified atom stereocenters. The third kappa shape index (κ3) is 2.22. The highest BCUT2D eigenvalue weighted by molar-refractivity contribution is 5.76. The Morgan fingerprint density at radius 1 is 1.50 bits per heavy atom. The van der Waals surface area contributed by atoms with E-state index in [1.807, 2.05) is 4.90 Å². The summed E-state index contributed by atoms with van der Waals surface area (Å²) >= 11 is 0. The number of aryl methyl sites for hydroxylation is 1. The van der Waals surface area contributed by atoms with Gasteiger partial charge in [0, 0.05) is 11.2 Å². The van der Waals surface area contributed by atoms with Crippen molar-refractivity contribution in [3.8, 4) is 0 Å². The van der Waals surface area contributed by atoms with Crippen LogP contribution in [0.15, 0.2) is 18.2 Å². The number of fused-ring (bicyclic) bond motifs is 1. The first-order chi connectivity index (χ1) is 8.31. The molecule has 3 nitrogen and oxygen atoms in total. The molecule has 0 aliphatic carbocycles. The number of rotatable bonds is 2. The van der Waals surface area contributed by atoms with Crippen molar-refractivity contribution in [3.63, 3.8) is 0 Å². The van der Waals surface area contributed by atoms with E-state index in [1.165, 1.54) is 11.1 Å². The fraction of sp³-hybridized carbons (Fsp3) is 0.533. The molecular formula is C15H21NO2. The zero-order valence-corrected chi connectivity index (χ0v) is 11.5. The van der Waals surface area contributed by atoms with Crippen LogP contribution in [0.5, 0.6) is 0 Å². The van der Waals surface area contributed by atoms with Crippen LogP contribution in [0.2, 0.25) is 0 Å². The van der Waals surface area contributed by atoms with E-state index in [1.54, 1.807) is 0 Å². The largest absolute Gasteiger partial charge is 0.480 e. The molecule has 1 aromatic rings. The van der Waals surface area contributed by atoms with E-state index >= 15 is 0 Å². The third-order valence-electron chi connectivity index (χ3n) is 3.83. The van der Waals surface area contributed by atoms with Crippen LogP contribution in [0.3, 0.4) is 0 Å². The van der Waals surface area contributed by atoms with Gasteiger partial charge >= 0.3 is 5.97 Å². The van der Waals surface area contributed by atoms with Crippen molar-refractivity contribution in [1.82, 2.24) is 0 Å². The van der Waals surface area contributed by atoms with Gasteiger partial charge in [-0.05, 0) is 44.7 Å². The highest BCUT2D eigenvalue weighted by Crippen LogP contribution is 2.43. The first-order valence-electron chi connectivity index (χ1n) is 6.41. The molecule has 1 aliphatic heterocycles. The molecule has 0 saturated heterocycles. The SMILES string of the molecule is Cc1ccc2c(c1)[C@@H](C)CC(C)(C)N2CC(=O)O. The van der Waals surface area contributed by atoms with Gasteiger partial charge in [-0.15, -0.1) is 0 Å². The van der Waals surface area contributed by atoms with Crippen molar-refractivity contribution in [2.45, 2.75) is 45.6 Å². The topological polar surface area (TPSA) is 40.5 Å². The minimum absolute atomic E-state index is 0.0653. The Hall–Kier alpha value is -1.51. The molecule has 0 spiro atoms. The fourth-order valence-corrected chi connectivity index (χ4v) is 3.04. The summed E-state index contributed by atoms with van der Waals surface area (Å²) in [7, 11) is 0. The molecule has 0 aromatic heterocycles. The number of carboxylic acid groups (broad SMARTS) is 1. The van der Waals surface area contributed by atoms with Gasteiger partial charge in [-0.3, -0.25) is 4.79 Å². The van der Waals surface area contributed by atoms with Crippen molar-refractivity contribution in [1.29, 1.82) is 0 Å². The summed E-state index contributed by atoms with van der Waals surface area (Å²) in [6.07, 6.45) is 0.983. The normalized spacial score (nSPS) is 21.6. The van der Waals surface area contributed by atoms with Crippen molar-refractivity contribution in [3.05, 3.63) is 29.3 Å². The molecule has 18 heavy (non-hydrogen) atoms. The van der Waals surface area contributed by atoms with Crippen molar-refractivity contribution >= 4 is 11.7 Å². The molecule has 1 atom stereocenters. The number of carboxylic acids is 1. The van der Waals surface area contributed by atoms with Gasteiger partial charge in [-0.1, -0.05) is 24.6 Å². The Kier molecular flexibility index (Phi) is 3.09. The van der Waals surface area contributed by atoms with Crippen LogP contribution in [0, 0.1) is 6.92 Å². The Morgan fingerprint density at radius 2 is 2.17 bits per heavy atom. The first kappa shape index (κ1) is 12.9. The summed E-state index contributed by atoms with van der Waals surface area (Å²) in [6.45, 7) is 8.60. The zero-order valence-electron chi connectivity index (χ0n) is 11.5. The van der Waals surface area contributed by atoms with E-state index in [0.717, 1.165) is 12.1 Å². The van der Waals surface area contributed by atoms with Crippen LogP contribution in [0.4, 0.5) is 5.69 Å². The monoisotopic (exact) mass is 247 g/mol. The number of hydrogen-bond donors (Lipinski definition) is 1.